The molecule has 0 fully saturated rings. The van der Waals surface area contributed by atoms with E-state index < -0.39 is 14.3 Å². The molecule has 0 rings (SSSR count). The molecule has 0 aliphatic heterocycles. The Bertz CT molecular complexity index is 57.5. The lowest BCUT2D eigenvalue weighted by molar-refractivity contribution is 0.0270. The molecule has 0 aromatic rings. The molecular formula is C3H6I2O3. The SMILES string of the molecule is OC(I)C(O)C(O)I. The highest BCUT2D eigenvalue weighted by Gasteiger charge is 2.18. The fraction of sp³-hybridized carbons (Fsp3) is 1.00. The number of aliphatic hydroxyl groups is 3. The molecule has 0 saturated heterocycles. The van der Waals surface area contributed by atoms with E-state index in [1.807, 2.05) is 0 Å². The van der Waals surface area contributed by atoms with E-state index in [0.29, 0.717) is 0 Å². The van der Waals surface area contributed by atoms with Crippen LogP contribution in [0.25, 0.3) is 0 Å². The lowest BCUT2D eigenvalue weighted by atomic mass is 10.4. The van der Waals surface area contributed by atoms with Gasteiger partial charge in [-0.1, -0.05) is 0 Å². The van der Waals surface area contributed by atoms with Crippen LogP contribution in [0.5, 0.6) is 0 Å². The van der Waals surface area contributed by atoms with Crippen molar-refractivity contribution in [3.05, 3.63) is 0 Å². The first-order valence-electron chi connectivity index (χ1n) is 1.88. The fourth-order valence-corrected chi connectivity index (χ4v) is 1.71. The minimum atomic E-state index is -1.05. The third-order valence-corrected chi connectivity index (χ3v) is 2.04. The fourth-order valence-electron chi connectivity index (χ4n) is 0.131. The molecule has 0 heterocycles. The highest BCUT2D eigenvalue weighted by atomic mass is 127. The first-order chi connectivity index (χ1) is 3.55. The number of rotatable bonds is 2. The Hall–Kier alpha value is 1.34. The summed E-state index contributed by atoms with van der Waals surface area (Å²) >= 11 is 3.25. The quantitative estimate of drug-likeness (QED) is 0.483. The summed E-state index contributed by atoms with van der Waals surface area (Å²) in [5.74, 6) is 0. The van der Waals surface area contributed by atoms with Gasteiger partial charge in [0.05, 0.1) is 0 Å². The molecule has 5 heteroatoms. The Labute approximate surface area is 74.4 Å². The number of alkyl halides is 2. The van der Waals surface area contributed by atoms with Gasteiger partial charge in [0.15, 0.2) is 0 Å². The third-order valence-electron chi connectivity index (χ3n) is 0.564. The Kier molecular flexibility index (Phi) is 4.91. The molecule has 0 aromatic carbocycles. The second-order valence-corrected chi connectivity index (χ2v) is 3.79. The minimum absolute atomic E-state index is 0.889. The van der Waals surface area contributed by atoms with Crippen LogP contribution < -0.4 is 0 Å². The summed E-state index contributed by atoms with van der Waals surface area (Å²) in [4.78, 5) is 0. The minimum Gasteiger partial charge on any atom is -0.386 e. The van der Waals surface area contributed by atoms with Crippen molar-refractivity contribution in [3.8, 4) is 0 Å². The van der Waals surface area contributed by atoms with Crippen LogP contribution in [0.4, 0.5) is 0 Å². The largest absolute Gasteiger partial charge is 0.386 e. The Morgan fingerprint density at radius 1 is 0.875 bits per heavy atom. The average Bonchev–Trinajstić information content (AvgIpc) is 1.64. The van der Waals surface area contributed by atoms with Crippen LogP contribution >= 0.6 is 45.2 Å². The monoisotopic (exact) mass is 344 g/mol. The van der Waals surface area contributed by atoms with E-state index in [4.69, 9.17) is 15.3 Å². The molecule has 0 saturated carbocycles. The van der Waals surface area contributed by atoms with Crippen LogP contribution in [0.1, 0.15) is 0 Å². The van der Waals surface area contributed by atoms with Crippen LogP contribution in [0.15, 0.2) is 0 Å². The van der Waals surface area contributed by atoms with Gasteiger partial charge in [-0.15, -0.1) is 0 Å². The van der Waals surface area contributed by atoms with Gasteiger partial charge in [-0.3, -0.25) is 0 Å². The molecule has 0 spiro atoms. The van der Waals surface area contributed by atoms with E-state index in [2.05, 4.69) is 0 Å². The Balaban J connectivity index is 3.46. The molecule has 0 bridgehead atoms. The highest BCUT2D eigenvalue weighted by molar-refractivity contribution is 14.1. The summed E-state index contributed by atoms with van der Waals surface area (Å²) in [6, 6.07) is 0. The van der Waals surface area contributed by atoms with E-state index in [-0.39, 0.29) is 0 Å². The van der Waals surface area contributed by atoms with Crippen molar-refractivity contribution in [1.29, 1.82) is 0 Å². The first kappa shape index (κ1) is 9.34. The summed E-state index contributed by atoms with van der Waals surface area (Å²) < 4.78 is -1.78. The van der Waals surface area contributed by atoms with Gasteiger partial charge in [-0.05, 0) is 45.2 Å². The molecule has 8 heavy (non-hydrogen) atoms. The van der Waals surface area contributed by atoms with Crippen LogP contribution in [-0.2, 0) is 0 Å². The lowest BCUT2D eigenvalue weighted by Gasteiger charge is -2.12. The molecule has 0 amide bonds. The molecule has 3 N–H and O–H groups in total. The predicted octanol–water partition coefficient (Wildman–Crippen LogP) is -0.146. The third kappa shape index (κ3) is 3.38. The van der Waals surface area contributed by atoms with Gasteiger partial charge < -0.3 is 15.3 Å². The van der Waals surface area contributed by atoms with Crippen molar-refractivity contribution in [2.75, 3.05) is 0 Å². The maximum absolute atomic E-state index is 8.69. The molecule has 3 nitrogen and oxygen atoms in total. The second-order valence-electron chi connectivity index (χ2n) is 1.24. The lowest BCUT2D eigenvalue weighted by Crippen LogP contribution is -2.29. The van der Waals surface area contributed by atoms with Gasteiger partial charge in [0, 0.05) is 0 Å². The van der Waals surface area contributed by atoms with Crippen molar-refractivity contribution in [3.63, 3.8) is 0 Å². The van der Waals surface area contributed by atoms with E-state index in [1.165, 1.54) is 0 Å². The summed E-state index contributed by atoms with van der Waals surface area (Å²) in [6.45, 7) is 0. The van der Waals surface area contributed by atoms with Crippen molar-refractivity contribution in [2.24, 2.45) is 0 Å². The van der Waals surface area contributed by atoms with Gasteiger partial charge in [-0.25, -0.2) is 0 Å². The standard InChI is InChI=1S/C3H6I2O3/c4-2(7)1(6)3(5)8/h1-3,6-8H. The van der Waals surface area contributed by atoms with Gasteiger partial charge in [-0.2, -0.15) is 0 Å². The van der Waals surface area contributed by atoms with E-state index in [1.54, 1.807) is 45.2 Å². The van der Waals surface area contributed by atoms with Gasteiger partial charge in [0.1, 0.15) is 14.3 Å². The van der Waals surface area contributed by atoms with E-state index in [9.17, 15) is 0 Å². The second kappa shape index (κ2) is 4.20. The van der Waals surface area contributed by atoms with Crippen molar-refractivity contribution in [2.45, 2.75) is 14.3 Å². The zero-order valence-electron chi connectivity index (χ0n) is 3.83. The normalized spacial score (nSPS) is 22.1. The maximum Gasteiger partial charge on any atom is 0.134 e. The van der Waals surface area contributed by atoms with Gasteiger partial charge in [0.2, 0.25) is 0 Å². The number of halogens is 2. The summed E-state index contributed by atoms with van der Waals surface area (Å²) in [6.07, 6.45) is -1.05. The van der Waals surface area contributed by atoms with Gasteiger partial charge >= 0.3 is 0 Å². The van der Waals surface area contributed by atoms with Gasteiger partial charge in [0.25, 0.3) is 0 Å². The summed E-state index contributed by atoms with van der Waals surface area (Å²) in [5.41, 5.74) is 0. The van der Waals surface area contributed by atoms with Crippen molar-refractivity contribution >= 4 is 45.2 Å². The van der Waals surface area contributed by atoms with Crippen LogP contribution in [0.2, 0.25) is 0 Å². The van der Waals surface area contributed by atoms with Crippen LogP contribution in [-0.4, -0.2) is 29.6 Å². The zero-order chi connectivity index (χ0) is 6.73. The van der Waals surface area contributed by atoms with Crippen molar-refractivity contribution in [1.82, 2.24) is 0 Å². The number of aliphatic hydroxyl groups excluding tert-OH is 3. The first-order valence-corrected chi connectivity index (χ1v) is 4.37. The predicted molar refractivity (Wildman–Crippen MR) is 46.1 cm³/mol. The Morgan fingerprint density at radius 2 is 1.12 bits per heavy atom. The maximum atomic E-state index is 8.69. The molecule has 2 unspecified atom stereocenters. The zero-order valence-corrected chi connectivity index (χ0v) is 8.14. The average molecular weight is 344 g/mol. The summed E-state index contributed by atoms with van der Waals surface area (Å²) in [7, 11) is 0. The smallest absolute Gasteiger partial charge is 0.134 e. The highest BCUT2D eigenvalue weighted by Crippen LogP contribution is 2.10. The molecule has 0 aliphatic rings. The molecule has 0 aromatic heterocycles. The molecule has 2 atom stereocenters. The van der Waals surface area contributed by atoms with Crippen LogP contribution in [0, 0.1) is 0 Å². The number of hydrogen-bond donors (Lipinski definition) is 3. The van der Waals surface area contributed by atoms with E-state index in [0.717, 1.165) is 0 Å². The molecule has 0 aliphatic carbocycles. The molecule has 0 radical (unpaired) electrons. The Morgan fingerprint density at radius 3 is 1.12 bits per heavy atom. The topological polar surface area (TPSA) is 60.7 Å². The van der Waals surface area contributed by atoms with Crippen molar-refractivity contribution < 1.29 is 15.3 Å². The van der Waals surface area contributed by atoms with Crippen LogP contribution in [0.3, 0.4) is 0 Å². The molecular weight excluding hydrogens is 338 g/mol. The molecule has 50 valence electrons. The number of hydrogen-bond acceptors (Lipinski definition) is 3. The van der Waals surface area contributed by atoms with E-state index >= 15 is 0 Å². The summed E-state index contributed by atoms with van der Waals surface area (Å²) in [5, 5.41) is 25.8.